The topological polar surface area (TPSA) is 93.5 Å². The molecule has 0 radical (unpaired) electrons. The van der Waals surface area contributed by atoms with Crippen molar-refractivity contribution in [1.29, 1.82) is 5.26 Å². The molecule has 1 aliphatic rings. The summed E-state index contributed by atoms with van der Waals surface area (Å²) in [6.45, 7) is 5.61. The second-order valence-corrected chi connectivity index (χ2v) is 9.09. The summed E-state index contributed by atoms with van der Waals surface area (Å²) in [5.41, 5.74) is 2.93. The van der Waals surface area contributed by atoms with E-state index in [9.17, 15) is 13.2 Å². The largest absolute Gasteiger partial charge is 0.325 e. The van der Waals surface area contributed by atoms with Gasteiger partial charge in [-0.3, -0.25) is 9.69 Å². The van der Waals surface area contributed by atoms with E-state index < -0.39 is 10.0 Å². The molecule has 3 rings (SSSR count). The highest BCUT2D eigenvalue weighted by molar-refractivity contribution is 7.89. The summed E-state index contributed by atoms with van der Waals surface area (Å²) in [6, 6.07) is 14.0. The van der Waals surface area contributed by atoms with Crippen LogP contribution in [0.1, 0.15) is 16.7 Å². The SMILES string of the molecule is Cc1ccc(S(=O)(=O)N2CCN(CC(=O)Nc3ccc(C#N)cc3)CC2)c(C)c1. The highest BCUT2D eigenvalue weighted by Crippen LogP contribution is 2.22. The second-order valence-electron chi connectivity index (χ2n) is 7.19. The van der Waals surface area contributed by atoms with Crippen molar-refractivity contribution >= 4 is 21.6 Å². The fourth-order valence-electron chi connectivity index (χ4n) is 3.39. The van der Waals surface area contributed by atoms with Gasteiger partial charge >= 0.3 is 0 Å². The predicted molar refractivity (Wildman–Crippen MR) is 111 cm³/mol. The molecule has 0 aliphatic carbocycles. The monoisotopic (exact) mass is 412 g/mol. The maximum absolute atomic E-state index is 12.9. The third-order valence-electron chi connectivity index (χ3n) is 4.94. The Kier molecular flexibility index (Phi) is 6.33. The Labute approximate surface area is 171 Å². The maximum Gasteiger partial charge on any atom is 0.243 e. The van der Waals surface area contributed by atoms with Gasteiger partial charge in [-0.2, -0.15) is 9.57 Å². The number of hydrogen-bond acceptors (Lipinski definition) is 5. The van der Waals surface area contributed by atoms with Gasteiger partial charge in [0.1, 0.15) is 0 Å². The zero-order valence-electron chi connectivity index (χ0n) is 16.6. The van der Waals surface area contributed by atoms with Crippen LogP contribution in [0.4, 0.5) is 5.69 Å². The zero-order valence-corrected chi connectivity index (χ0v) is 17.4. The molecule has 1 heterocycles. The van der Waals surface area contributed by atoms with Crippen LogP contribution in [0.5, 0.6) is 0 Å². The molecule has 1 saturated heterocycles. The highest BCUT2D eigenvalue weighted by Gasteiger charge is 2.30. The molecule has 1 fully saturated rings. The summed E-state index contributed by atoms with van der Waals surface area (Å²) in [6.07, 6.45) is 0. The molecule has 0 spiro atoms. The average Bonchev–Trinajstić information content (AvgIpc) is 2.68. The number of sulfonamides is 1. The fourth-order valence-corrected chi connectivity index (χ4v) is 5.02. The number of anilines is 1. The molecule has 0 unspecified atom stereocenters. The number of amides is 1. The number of aryl methyl sites for hydroxylation is 2. The molecule has 0 saturated carbocycles. The van der Waals surface area contributed by atoms with Crippen molar-refractivity contribution in [3.8, 4) is 6.07 Å². The second kappa shape index (κ2) is 8.74. The van der Waals surface area contributed by atoms with E-state index in [0.717, 1.165) is 11.1 Å². The minimum atomic E-state index is -3.54. The number of carbonyl (C=O) groups excluding carboxylic acids is 1. The van der Waals surface area contributed by atoms with Crippen LogP contribution in [0.25, 0.3) is 0 Å². The molecule has 2 aromatic carbocycles. The van der Waals surface area contributed by atoms with Gasteiger partial charge in [0, 0.05) is 31.9 Å². The Hall–Kier alpha value is -2.73. The van der Waals surface area contributed by atoms with Gasteiger partial charge in [-0.1, -0.05) is 17.7 Å². The number of nitrogens with zero attached hydrogens (tertiary/aromatic N) is 3. The van der Waals surface area contributed by atoms with E-state index in [0.29, 0.717) is 42.3 Å². The van der Waals surface area contributed by atoms with E-state index in [1.165, 1.54) is 4.31 Å². The van der Waals surface area contributed by atoms with Crippen molar-refractivity contribution in [3.63, 3.8) is 0 Å². The molecule has 1 N–H and O–H groups in total. The summed E-state index contributed by atoms with van der Waals surface area (Å²) in [7, 11) is -3.54. The fraction of sp³-hybridized carbons (Fsp3) is 0.333. The van der Waals surface area contributed by atoms with Gasteiger partial charge in [0.2, 0.25) is 15.9 Å². The normalized spacial score (nSPS) is 15.6. The summed E-state index contributed by atoms with van der Waals surface area (Å²) >= 11 is 0. The minimum absolute atomic E-state index is 0.166. The third-order valence-corrected chi connectivity index (χ3v) is 7.00. The minimum Gasteiger partial charge on any atom is -0.325 e. The van der Waals surface area contributed by atoms with Gasteiger partial charge in [0.05, 0.1) is 23.1 Å². The number of benzene rings is 2. The maximum atomic E-state index is 12.9. The predicted octanol–water partition coefficient (Wildman–Crippen LogP) is 2.12. The number of nitrogens with one attached hydrogen (secondary N) is 1. The van der Waals surface area contributed by atoms with Crippen LogP contribution in [0.3, 0.4) is 0 Å². The van der Waals surface area contributed by atoms with Crippen LogP contribution in [-0.4, -0.2) is 56.3 Å². The average molecular weight is 413 g/mol. The number of carbonyl (C=O) groups is 1. The first-order chi connectivity index (χ1) is 13.8. The van der Waals surface area contributed by atoms with Crippen molar-refractivity contribution in [2.75, 3.05) is 38.0 Å². The summed E-state index contributed by atoms with van der Waals surface area (Å²) in [4.78, 5) is 14.5. The van der Waals surface area contributed by atoms with Gasteiger partial charge in [-0.15, -0.1) is 0 Å². The lowest BCUT2D eigenvalue weighted by molar-refractivity contribution is -0.117. The number of rotatable bonds is 5. The first-order valence-electron chi connectivity index (χ1n) is 9.39. The van der Waals surface area contributed by atoms with Gasteiger partial charge in [-0.25, -0.2) is 8.42 Å². The smallest absolute Gasteiger partial charge is 0.243 e. The number of nitriles is 1. The van der Waals surface area contributed by atoms with Gasteiger partial charge in [-0.05, 0) is 49.7 Å². The lowest BCUT2D eigenvalue weighted by Gasteiger charge is -2.33. The molecule has 1 amide bonds. The number of piperazine rings is 1. The lowest BCUT2D eigenvalue weighted by Crippen LogP contribution is -2.50. The molecular weight excluding hydrogens is 388 g/mol. The molecule has 8 heteroatoms. The Morgan fingerprint density at radius 3 is 2.31 bits per heavy atom. The Bertz CT molecular complexity index is 1030. The summed E-state index contributed by atoms with van der Waals surface area (Å²) in [5, 5.41) is 11.6. The van der Waals surface area contributed by atoms with Crippen molar-refractivity contribution in [2.45, 2.75) is 18.7 Å². The standard InChI is InChI=1S/C21H24N4O3S/c1-16-3-8-20(17(2)13-16)29(27,28)25-11-9-24(10-12-25)15-21(26)23-19-6-4-18(14-22)5-7-19/h3-8,13H,9-12,15H2,1-2H3,(H,23,26). The molecule has 0 aromatic heterocycles. The van der Waals surface area contributed by atoms with E-state index >= 15 is 0 Å². The van der Waals surface area contributed by atoms with Crippen LogP contribution < -0.4 is 5.32 Å². The van der Waals surface area contributed by atoms with Gasteiger partial charge in [0.25, 0.3) is 0 Å². The van der Waals surface area contributed by atoms with E-state index in [-0.39, 0.29) is 12.5 Å². The summed E-state index contributed by atoms with van der Waals surface area (Å²) < 4.78 is 27.4. The van der Waals surface area contributed by atoms with Crippen LogP contribution in [0.2, 0.25) is 0 Å². The highest BCUT2D eigenvalue weighted by atomic mass is 32.2. The molecule has 29 heavy (non-hydrogen) atoms. The van der Waals surface area contributed by atoms with Crippen LogP contribution in [0.15, 0.2) is 47.4 Å². The van der Waals surface area contributed by atoms with E-state index in [1.807, 2.05) is 36.9 Å². The molecule has 7 nitrogen and oxygen atoms in total. The molecule has 0 bridgehead atoms. The van der Waals surface area contributed by atoms with Gasteiger partial charge in [0.15, 0.2) is 0 Å². The van der Waals surface area contributed by atoms with E-state index in [1.54, 1.807) is 30.3 Å². The molecule has 152 valence electrons. The van der Waals surface area contributed by atoms with Crippen LogP contribution >= 0.6 is 0 Å². The Morgan fingerprint density at radius 1 is 1.07 bits per heavy atom. The van der Waals surface area contributed by atoms with Crippen molar-refractivity contribution in [2.24, 2.45) is 0 Å². The van der Waals surface area contributed by atoms with E-state index in [2.05, 4.69) is 5.32 Å². The lowest BCUT2D eigenvalue weighted by atomic mass is 10.2. The zero-order chi connectivity index (χ0) is 21.0. The quantitative estimate of drug-likeness (QED) is 0.812. The first kappa shape index (κ1) is 21.0. The van der Waals surface area contributed by atoms with Crippen LogP contribution in [0, 0.1) is 25.2 Å². The first-order valence-corrected chi connectivity index (χ1v) is 10.8. The molecule has 0 atom stereocenters. The Balaban J connectivity index is 1.55. The van der Waals surface area contributed by atoms with Crippen LogP contribution in [-0.2, 0) is 14.8 Å². The summed E-state index contributed by atoms with van der Waals surface area (Å²) in [5.74, 6) is -0.166. The number of hydrogen-bond donors (Lipinski definition) is 1. The van der Waals surface area contributed by atoms with Crippen molar-refractivity contribution in [1.82, 2.24) is 9.21 Å². The molecule has 2 aromatic rings. The third kappa shape index (κ3) is 5.01. The molecule has 1 aliphatic heterocycles. The van der Waals surface area contributed by atoms with E-state index in [4.69, 9.17) is 5.26 Å². The van der Waals surface area contributed by atoms with Gasteiger partial charge < -0.3 is 5.32 Å². The Morgan fingerprint density at radius 2 is 1.72 bits per heavy atom. The van der Waals surface area contributed by atoms with Crippen molar-refractivity contribution < 1.29 is 13.2 Å². The molecular formula is C21H24N4O3S. The van der Waals surface area contributed by atoms with Crippen molar-refractivity contribution in [3.05, 3.63) is 59.2 Å².